The Morgan fingerprint density at radius 1 is 1.50 bits per heavy atom. The summed E-state index contributed by atoms with van der Waals surface area (Å²) < 4.78 is 11.0. The molecule has 1 atom stereocenters. The Balaban J connectivity index is 2.52. The van der Waals surface area contributed by atoms with E-state index in [9.17, 15) is 4.79 Å². The topological polar surface area (TPSA) is 35.5 Å². The van der Waals surface area contributed by atoms with Gasteiger partial charge in [0.25, 0.3) is 0 Å². The van der Waals surface area contributed by atoms with Gasteiger partial charge in [-0.15, -0.1) is 0 Å². The summed E-state index contributed by atoms with van der Waals surface area (Å²) in [5, 5.41) is 0. The van der Waals surface area contributed by atoms with Crippen molar-refractivity contribution in [2.75, 3.05) is 0 Å². The van der Waals surface area contributed by atoms with E-state index in [2.05, 4.69) is 6.92 Å². The predicted octanol–water partition coefficient (Wildman–Crippen LogP) is 3.19. The summed E-state index contributed by atoms with van der Waals surface area (Å²) in [5.41, 5.74) is -0.470. The number of rotatable bonds is 5. The van der Waals surface area contributed by atoms with Gasteiger partial charge in [-0.3, -0.25) is 4.79 Å². The Bertz CT molecular complexity index is 279. The zero-order valence-corrected chi connectivity index (χ0v) is 10.7. The summed E-state index contributed by atoms with van der Waals surface area (Å²) in [7, 11) is 0. The van der Waals surface area contributed by atoms with Gasteiger partial charge in [-0.2, -0.15) is 0 Å². The van der Waals surface area contributed by atoms with Crippen molar-refractivity contribution in [2.45, 2.75) is 65.1 Å². The van der Waals surface area contributed by atoms with Gasteiger partial charge < -0.3 is 9.47 Å². The Morgan fingerprint density at radius 3 is 2.75 bits per heavy atom. The van der Waals surface area contributed by atoms with Crippen LogP contribution < -0.4 is 0 Å². The molecule has 0 aliphatic carbocycles. The second-order valence-corrected chi connectivity index (χ2v) is 4.79. The average Bonchev–Trinajstić information content (AvgIpc) is 2.41. The van der Waals surface area contributed by atoms with Crippen LogP contribution in [0, 0.1) is 0 Å². The molecular formula is C13H22O3. The van der Waals surface area contributed by atoms with Crippen LogP contribution in [-0.4, -0.2) is 17.7 Å². The molecule has 0 saturated carbocycles. The Labute approximate surface area is 97.8 Å². The largest absolute Gasteiger partial charge is 0.428 e. The van der Waals surface area contributed by atoms with E-state index in [1.165, 1.54) is 19.8 Å². The van der Waals surface area contributed by atoms with Crippen LogP contribution in [0.15, 0.2) is 11.8 Å². The van der Waals surface area contributed by atoms with Gasteiger partial charge in [0, 0.05) is 6.92 Å². The first-order valence-electron chi connectivity index (χ1n) is 6.04. The van der Waals surface area contributed by atoms with E-state index in [-0.39, 0.29) is 12.1 Å². The molecule has 1 rings (SSSR count). The van der Waals surface area contributed by atoms with Crippen molar-refractivity contribution in [1.82, 2.24) is 0 Å². The molecule has 0 amide bonds. The highest BCUT2D eigenvalue weighted by molar-refractivity contribution is 5.67. The number of unbranched alkanes of at least 4 members (excludes halogenated alkanes) is 2. The molecule has 1 aliphatic rings. The molecule has 0 fully saturated rings. The summed E-state index contributed by atoms with van der Waals surface area (Å²) in [5.74, 6) is 0.374. The molecule has 0 aromatic rings. The molecule has 0 bridgehead atoms. The highest BCUT2D eigenvalue weighted by Crippen LogP contribution is 2.33. The van der Waals surface area contributed by atoms with Crippen LogP contribution in [0.1, 0.15) is 53.4 Å². The standard InChI is InChI=1S/C13H22O3/c1-5-6-7-8-11-9-12(15-10(2)14)13(3,4)16-11/h9,11H,5-8H2,1-4H3/t11-/m1/s1. The van der Waals surface area contributed by atoms with Crippen LogP contribution in [0.3, 0.4) is 0 Å². The molecule has 0 unspecified atom stereocenters. The Kier molecular flexibility index (Phi) is 4.54. The Hall–Kier alpha value is -0.830. The van der Waals surface area contributed by atoms with Crippen molar-refractivity contribution >= 4 is 5.97 Å². The summed E-state index contributed by atoms with van der Waals surface area (Å²) in [6, 6.07) is 0. The molecule has 0 aromatic heterocycles. The normalized spacial score (nSPS) is 23.0. The Morgan fingerprint density at radius 2 is 2.19 bits per heavy atom. The smallest absolute Gasteiger partial charge is 0.307 e. The van der Waals surface area contributed by atoms with Gasteiger partial charge in [-0.25, -0.2) is 0 Å². The van der Waals surface area contributed by atoms with Crippen LogP contribution in [0.4, 0.5) is 0 Å². The lowest BCUT2D eigenvalue weighted by molar-refractivity contribution is -0.140. The zero-order chi connectivity index (χ0) is 12.2. The highest BCUT2D eigenvalue weighted by Gasteiger charge is 2.36. The van der Waals surface area contributed by atoms with E-state index >= 15 is 0 Å². The fraction of sp³-hybridized carbons (Fsp3) is 0.769. The number of carbonyl (C=O) groups is 1. The van der Waals surface area contributed by atoms with Crippen molar-refractivity contribution in [3.8, 4) is 0 Å². The second kappa shape index (κ2) is 5.48. The molecule has 0 saturated heterocycles. The lowest BCUT2D eigenvalue weighted by Crippen LogP contribution is -2.26. The third-order valence-electron chi connectivity index (χ3n) is 2.72. The SMILES string of the molecule is CCCCC[C@@H]1C=C(OC(C)=O)C(C)(C)O1. The van der Waals surface area contributed by atoms with Crippen molar-refractivity contribution < 1.29 is 14.3 Å². The molecule has 3 heteroatoms. The predicted molar refractivity (Wildman–Crippen MR) is 62.9 cm³/mol. The maximum absolute atomic E-state index is 10.9. The van der Waals surface area contributed by atoms with Gasteiger partial charge >= 0.3 is 5.97 Å². The molecule has 92 valence electrons. The first-order chi connectivity index (χ1) is 7.45. The maximum Gasteiger partial charge on any atom is 0.307 e. The van der Waals surface area contributed by atoms with E-state index < -0.39 is 5.60 Å². The minimum absolute atomic E-state index is 0.0934. The van der Waals surface area contributed by atoms with Gasteiger partial charge in [0.05, 0.1) is 6.10 Å². The van der Waals surface area contributed by atoms with E-state index in [1.54, 1.807) is 0 Å². The summed E-state index contributed by atoms with van der Waals surface area (Å²) in [6.07, 6.45) is 6.62. The number of hydrogen-bond acceptors (Lipinski definition) is 3. The van der Waals surface area contributed by atoms with Crippen LogP contribution in [0.5, 0.6) is 0 Å². The first-order valence-corrected chi connectivity index (χ1v) is 6.04. The zero-order valence-electron chi connectivity index (χ0n) is 10.7. The first kappa shape index (κ1) is 13.2. The van der Waals surface area contributed by atoms with Crippen LogP contribution >= 0.6 is 0 Å². The minimum atomic E-state index is -0.470. The maximum atomic E-state index is 10.9. The van der Waals surface area contributed by atoms with E-state index in [4.69, 9.17) is 9.47 Å². The van der Waals surface area contributed by atoms with Gasteiger partial charge in [0.2, 0.25) is 0 Å². The molecule has 0 N–H and O–H groups in total. The van der Waals surface area contributed by atoms with E-state index in [1.807, 2.05) is 19.9 Å². The number of carbonyl (C=O) groups excluding carboxylic acids is 1. The third kappa shape index (κ3) is 3.63. The van der Waals surface area contributed by atoms with Gasteiger partial charge in [0.1, 0.15) is 11.4 Å². The lowest BCUT2D eigenvalue weighted by Gasteiger charge is -2.22. The third-order valence-corrected chi connectivity index (χ3v) is 2.72. The fourth-order valence-corrected chi connectivity index (χ4v) is 1.89. The number of ether oxygens (including phenoxy) is 2. The fourth-order valence-electron chi connectivity index (χ4n) is 1.89. The summed E-state index contributed by atoms with van der Waals surface area (Å²) in [4.78, 5) is 10.9. The highest BCUT2D eigenvalue weighted by atomic mass is 16.6. The molecule has 0 radical (unpaired) electrons. The van der Waals surface area contributed by atoms with Crippen molar-refractivity contribution in [3.05, 3.63) is 11.8 Å². The minimum Gasteiger partial charge on any atom is -0.428 e. The summed E-state index contributed by atoms with van der Waals surface area (Å²) in [6.45, 7) is 7.46. The van der Waals surface area contributed by atoms with E-state index in [0.717, 1.165) is 12.8 Å². The van der Waals surface area contributed by atoms with Crippen molar-refractivity contribution in [2.24, 2.45) is 0 Å². The monoisotopic (exact) mass is 226 g/mol. The summed E-state index contributed by atoms with van der Waals surface area (Å²) >= 11 is 0. The van der Waals surface area contributed by atoms with Gasteiger partial charge in [-0.05, 0) is 26.3 Å². The quantitative estimate of drug-likeness (QED) is 0.533. The molecule has 3 nitrogen and oxygen atoms in total. The molecule has 0 aromatic carbocycles. The second-order valence-electron chi connectivity index (χ2n) is 4.79. The molecule has 1 aliphatic heterocycles. The molecule has 1 heterocycles. The molecule has 16 heavy (non-hydrogen) atoms. The van der Waals surface area contributed by atoms with Crippen molar-refractivity contribution in [3.63, 3.8) is 0 Å². The molecule has 0 spiro atoms. The van der Waals surface area contributed by atoms with Crippen molar-refractivity contribution in [1.29, 1.82) is 0 Å². The van der Waals surface area contributed by atoms with Gasteiger partial charge in [-0.1, -0.05) is 26.2 Å². The van der Waals surface area contributed by atoms with E-state index in [0.29, 0.717) is 5.76 Å². The number of esters is 1. The molecular weight excluding hydrogens is 204 g/mol. The van der Waals surface area contributed by atoms with Crippen LogP contribution in [-0.2, 0) is 14.3 Å². The van der Waals surface area contributed by atoms with Crippen LogP contribution in [0.25, 0.3) is 0 Å². The van der Waals surface area contributed by atoms with Crippen LogP contribution in [0.2, 0.25) is 0 Å². The lowest BCUT2D eigenvalue weighted by atomic mass is 10.1. The van der Waals surface area contributed by atoms with Gasteiger partial charge in [0.15, 0.2) is 0 Å². The average molecular weight is 226 g/mol. The number of hydrogen-bond donors (Lipinski definition) is 0.